The molecule has 118 valence electrons. The Hall–Kier alpha value is -1.11. The molecule has 1 fully saturated rings. The monoisotopic (exact) mass is 312 g/mol. The molecule has 1 aliphatic rings. The van der Waals surface area contributed by atoms with E-state index >= 15 is 0 Å². The van der Waals surface area contributed by atoms with Crippen LogP contribution in [0.15, 0.2) is 6.07 Å². The van der Waals surface area contributed by atoms with E-state index in [-0.39, 0.29) is 12.0 Å². The first kappa shape index (κ1) is 16.3. The lowest BCUT2D eigenvalue weighted by molar-refractivity contribution is -0.0182. The van der Waals surface area contributed by atoms with Crippen LogP contribution in [-0.2, 0) is 9.47 Å². The van der Waals surface area contributed by atoms with Crippen LogP contribution in [0.5, 0.6) is 0 Å². The Morgan fingerprint density at radius 2 is 2.14 bits per heavy atom. The number of aryl methyl sites for hydroxylation is 1. The van der Waals surface area contributed by atoms with Gasteiger partial charge in [0.05, 0.1) is 24.2 Å². The third kappa shape index (κ3) is 4.43. The molecule has 1 amide bonds. The molecule has 0 atom stereocenters. The van der Waals surface area contributed by atoms with Gasteiger partial charge in [-0.3, -0.25) is 4.79 Å². The largest absolute Gasteiger partial charge is 0.398 e. The summed E-state index contributed by atoms with van der Waals surface area (Å²) in [6, 6.07) is 1.78. The standard InChI is InChI=1S/C15H24N2O3S/c1-3-19-8-9-20-12-4-6-17(7-5-12)15(18)14-10-13(16)11(2)21-14/h10,12H,3-9,16H2,1-2H3. The van der Waals surface area contributed by atoms with E-state index in [2.05, 4.69) is 0 Å². The first-order chi connectivity index (χ1) is 10.1. The maximum absolute atomic E-state index is 12.4. The molecule has 1 aromatic rings. The van der Waals surface area contributed by atoms with Gasteiger partial charge in [0.2, 0.25) is 0 Å². The first-order valence-electron chi connectivity index (χ1n) is 7.46. The third-order valence-corrected chi connectivity index (χ3v) is 4.74. The molecule has 0 saturated carbocycles. The van der Waals surface area contributed by atoms with Crippen LogP contribution in [0.3, 0.4) is 0 Å². The van der Waals surface area contributed by atoms with Crippen molar-refractivity contribution in [1.82, 2.24) is 4.90 Å². The molecular weight excluding hydrogens is 288 g/mol. The summed E-state index contributed by atoms with van der Waals surface area (Å²) in [5.74, 6) is 0.0903. The smallest absolute Gasteiger partial charge is 0.264 e. The quantitative estimate of drug-likeness (QED) is 0.819. The van der Waals surface area contributed by atoms with Crippen LogP contribution in [0.2, 0.25) is 0 Å². The van der Waals surface area contributed by atoms with Gasteiger partial charge < -0.3 is 20.1 Å². The van der Waals surface area contributed by atoms with Crippen molar-refractivity contribution in [1.29, 1.82) is 0 Å². The van der Waals surface area contributed by atoms with Crippen molar-refractivity contribution in [3.8, 4) is 0 Å². The maximum Gasteiger partial charge on any atom is 0.264 e. The predicted octanol–water partition coefficient (Wildman–Crippen LogP) is 2.30. The molecule has 2 heterocycles. The summed E-state index contributed by atoms with van der Waals surface area (Å²) < 4.78 is 11.0. The Bertz CT molecular complexity index is 448. The number of carbonyl (C=O) groups is 1. The molecule has 1 aliphatic heterocycles. The van der Waals surface area contributed by atoms with Gasteiger partial charge in [-0.25, -0.2) is 0 Å². The molecule has 21 heavy (non-hydrogen) atoms. The molecule has 5 nitrogen and oxygen atoms in total. The number of carbonyl (C=O) groups excluding carboxylic acids is 1. The zero-order chi connectivity index (χ0) is 15.2. The van der Waals surface area contributed by atoms with Gasteiger partial charge in [-0.15, -0.1) is 11.3 Å². The van der Waals surface area contributed by atoms with E-state index in [4.69, 9.17) is 15.2 Å². The summed E-state index contributed by atoms with van der Waals surface area (Å²) in [5.41, 5.74) is 6.52. The molecule has 2 rings (SSSR count). The topological polar surface area (TPSA) is 64.8 Å². The Morgan fingerprint density at radius 3 is 2.71 bits per heavy atom. The van der Waals surface area contributed by atoms with Gasteiger partial charge in [-0.1, -0.05) is 0 Å². The Morgan fingerprint density at radius 1 is 1.43 bits per heavy atom. The molecule has 0 aliphatic carbocycles. The molecule has 0 spiro atoms. The number of ether oxygens (including phenoxy) is 2. The second-order valence-corrected chi connectivity index (χ2v) is 6.44. The number of amides is 1. The summed E-state index contributed by atoms with van der Waals surface area (Å²) >= 11 is 1.47. The average molecular weight is 312 g/mol. The highest BCUT2D eigenvalue weighted by atomic mass is 32.1. The number of hydrogen-bond donors (Lipinski definition) is 1. The Kier molecular flexibility index (Phi) is 6.02. The van der Waals surface area contributed by atoms with Crippen LogP contribution in [0.25, 0.3) is 0 Å². The second kappa shape index (κ2) is 7.77. The van der Waals surface area contributed by atoms with E-state index in [1.807, 2.05) is 18.7 Å². The summed E-state index contributed by atoms with van der Waals surface area (Å²) in [7, 11) is 0. The first-order valence-corrected chi connectivity index (χ1v) is 8.28. The van der Waals surface area contributed by atoms with Crippen molar-refractivity contribution in [3.05, 3.63) is 15.8 Å². The fraction of sp³-hybridized carbons (Fsp3) is 0.667. The average Bonchev–Trinajstić information content (AvgIpc) is 2.83. The lowest BCUT2D eigenvalue weighted by Gasteiger charge is -2.31. The highest BCUT2D eigenvalue weighted by molar-refractivity contribution is 7.14. The zero-order valence-electron chi connectivity index (χ0n) is 12.8. The van der Waals surface area contributed by atoms with Crippen molar-refractivity contribution in [2.45, 2.75) is 32.8 Å². The van der Waals surface area contributed by atoms with Gasteiger partial charge in [0, 0.05) is 30.3 Å². The van der Waals surface area contributed by atoms with Crippen molar-refractivity contribution in [2.75, 3.05) is 38.6 Å². The number of nitrogens with two attached hydrogens (primary N) is 1. The summed E-state index contributed by atoms with van der Waals surface area (Å²) in [5, 5.41) is 0. The van der Waals surface area contributed by atoms with Crippen molar-refractivity contribution in [2.24, 2.45) is 0 Å². The van der Waals surface area contributed by atoms with Gasteiger partial charge in [0.25, 0.3) is 5.91 Å². The molecule has 0 radical (unpaired) electrons. The van der Waals surface area contributed by atoms with E-state index < -0.39 is 0 Å². The van der Waals surface area contributed by atoms with Crippen LogP contribution in [0.4, 0.5) is 5.69 Å². The number of anilines is 1. The van der Waals surface area contributed by atoms with Crippen molar-refractivity contribution >= 4 is 22.9 Å². The number of thiophene rings is 1. The van der Waals surface area contributed by atoms with Crippen LogP contribution >= 0.6 is 11.3 Å². The lowest BCUT2D eigenvalue weighted by atomic mass is 10.1. The molecule has 1 aromatic heterocycles. The Balaban J connectivity index is 1.77. The number of rotatable bonds is 6. The fourth-order valence-electron chi connectivity index (χ4n) is 2.40. The lowest BCUT2D eigenvalue weighted by Crippen LogP contribution is -2.40. The van der Waals surface area contributed by atoms with Crippen LogP contribution < -0.4 is 5.73 Å². The molecule has 0 unspecified atom stereocenters. The van der Waals surface area contributed by atoms with Gasteiger partial charge in [-0.05, 0) is 32.8 Å². The van der Waals surface area contributed by atoms with Gasteiger partial charge in [-0.2, -0.15) is 0 Å². The van der Waals surface area contributed by atoms with Crippen LogP contribution in [0.1, 0.15) is 34.3 Å². The molecule has 1 saturated heterocycles. The highest BCUT2D eigenvalue weighted by Crippen LogP contribution is 2.26. The van der Waals surface area contributed by atoms with Crippen LogP contribution in [0, 0.1) is 6.92 Å². The number of piperidine rings is 1. The minimum absolute atomic E-state index is 0.0903. The van der Waals surface area contributed by atoms with E-state index in [1.165, 1.54) is 11.3 Å². The number of hydrogen-bond acceptors (Lipinski definition) is 5. The molecule has 0 aromatic carbocycles. The third-order valence-electron chi connectivity index (χ3n) is 3.68. The molecular formula is C15H24N2O3S. The molecule has 6 heteroatoms. The van der Waals surface area contributed by atoms with Gasteiger partial charge in [0.15, 0.2) is 0 Å². The SMILES string of the molecule is CCOCCOC1CCN(C(=O)c2cc(N)c(C)s2)CC1. The number of nitrogen functional groups attached to an aromatic ring is 1. The van der Waals surface area contributed by atoms with E-state index in [9.17, 15) is 4.79 Å². The van der Waals surface area contributed by atoms with Crippen molar-refractivity contribution in [3.63, 3.8) is 0 Å². The second-order valence-electron chi connectivity index (χ2n) is 5.18. The van der Waals surface area contributed by atoms with Crippen LogP contribution in [-0.4, -0.2) is 49.8 Å². The Labute approximate surface area is 130 Å². The minimum atomic E-state index is 0.0903. The number of likely N-dealkylation sites (tertiary alicyclic amines) is 1. The molecule has 0 bridgehead atoms. The predicted molar refractivity (Wildman–Crippen MR) is 84.8 cm³/mol. The van der Waals surface area contributed by atoms with Gasteiger partial charge >= 0.3 is 0 Å². The summed E-state index contributed by atoms with van der Waals surface area (Å²) in [6.45, 7) is 7.40. The minimum Gasteiger partial charge on any atom is -0.398 e. The van der Waals surface area contributed by atoms with Crippen molar-refractivity contribution < 1.29 is 14.3 Å². The van der Waals surface area contributed by atoms with Gasteiger partial charge in [0.1, 0.15) is 0 Å². The van der Waals surface area contributed by atoms with E-state index in [0.29, 0.717) is 18.9 Å². The summed E-state index contributed by atoms with van der Waals surface area (Å²) in [6.07, 6.45) is 2.01. The maximum atomic E-state index is 12.4. The zero-order valence-corrected chi connectivity index (χ0v) is 13.6. The normalized spacial score (nSPS) is 16.4. The highest BCUT2D eigenvalue weighted by Gasteiger charge is 2.25. The number of nitrogens with zero attached hydrogens (tertiary/aromatic N) is 1. The summed E-state index contributed by atoms with van der Waals surface area (Å²) in [4.78, 5) is 16.0. The van der Waals surface area contributed by atoms with E-state index in [1.54, 1.807) is 6.07 Å². The molecule has 2 N–H and O–H groups in total. The van der Waals surface area contributed by atoms with E-state index in [0.717, 1.165) is 42.3 Å². The fourth-order valence-corrected chi connectivity index (χ4v) is 3.31.